The number of carbonyl (C=O) groups is 1. The lowest BCUT2D eigenvalue weighted by atomic mass is 10.1. The van der Waals surface area contributed by atoms with Crippen LogP contribution in [0.2, 0.25) is 0 Å². The molecule has 1 unspecified atom stereocenters. The summed E-state index contributed by atoms with van der Waals surface area (Å²) in [6.07, 6.45) is 1.71. The number of carbonyl (C=O) groups excluding carboxylic acids is 1. The van der Waals surface area contributed by atoms with Crippen LogP contribution in [0, 0.1) is 6.92 Å². The first-order valence-corrected chi connectivity index (χ1v) is 12.4. The van der Waals surface area contributed by atoms with E-state index in [1.807, 2.05) is 56.7 Å². The van der Waals surface area contributed by atoms with Crippen molar-refractivity contribution in [3.63, 3.8) is 0 Å². The molecule has 1 aromatic carbocycles. The van der Waals surface area contributed by atoms with Crippen molar-refractivity contribution in [2.24, 2.45) is 0 Å². The Morgan fingerprint density at radius 1 is 1.14 bits per heavy atom. The van der Waals surface area contributed by atoms with Crippen molar-refractivity contribution >= 4 is 23.0 Å². The number of amides is 2. The number of nitrogens with one attached hydrogen (secondary N) is 2. The highest BCUT2D eigenvalue weighted by Gasteiger charge is 2.56. The van der Waals surface area contributed by atoms with Crippen LogP contribution in [-0.4, -0.2) is 81.2 Å². The summed E-state index contributed by atoms with van der Waals surface area (Å²) in [6, 6.07) is 7.88. The molecular formula is C25H34N8O4. The second-order valence-corrected chi connectivity index (χ2v) is 10.1. The Bertz CT molecular complexity index is 1250. The van der Waals surface area contributed by atoms with Crippen molar-refractivity contribution < 1.29 is 19.0 Å². The maximum atomic E-state index is 12.2. The highest BCUT2D eigenvalue weighted by Crippen LogP contribution is 2.43. The van der Waals surface area contributed by atoms with Crippen molar-refractivity contribution in [3.05, 3.63) is 48.0 Å². The zero-order valence-corrected chi connectivity index (χ0v) is 21.5. The van der Waals surface area contributed by atoms with E-state index in [9.17, 15) is 4.79 Å². The summed E-state index contributed by atoms with van der Waals surface area (Å²) >= 11 is 0. The summed E-state index contributed by atoms with van der Waals surface area (Å²) in [4.78, 5) is 27.1. The van der Waals surface area contributed by atoms with Crippen LogP contribution in [0.25, 0.3) is 11.2 Å². The van der Waals surface area contributed by atoms with E-state index < -0.39 is 12.0 Å². The van der Waals surface area contributed by atoms with Gasteiger partial charge in [-0.25, -0.2) is 19.7 Å². The SMILES string of the molecule is Cc1ccc(CNC(=O)NCCN(C)C[C@H]2OC(n3cnc4c(N)ncnc43)[C@@H]3OC(C)(C)O[C@H]23)cc1. The molecule has 0 bridgehead atoms. The van der Waals surface area contributed by atoms with Crippen molar-refractivity contribution in [3.8, 4) is 0 Å². The number of rotatable bonds is 8. The molecule has 4 atom stereocenters. The van der Waals surface area contributed by atoms with E-state index in [-0.39, 0.29) is 24.3 Å². The van der Waals surface area contributed by atoms with Gasteiger partial charge in [-0.3, -0.25) is 4.57 Å². The van der Waals surface area contributed by atoms with Gasteiger partial charge in [0.15, 0.2) is 23.5 Å². The zero-order valence-electron chi connectivity index (χ0n) is 21.5. The molecule has 0 spiro atoms. The molecule has 0 radical (unpaired) electrons. The van der Waals surface area contributed by atoms with E-state index >= 15 is 0 Å². The number of likely N-dealkylation sites (N-methyl/N-ethyl adjacent to an activating group) is 1. The van der Waals surface area contributed by atoms with Gasteiger partial charge in [0, 0.05) is 26.2 Å². The molecule has 2 aliphatic rings. The fraction of sp³-hybridized carbons (Fsp3) is 0.520. The number of ether oxygens (including phenoxy) is 3. The number of nitrogens with zero attached hydrogens (tertiary/aromatic N) is 5. The Hall–Kier alpha value is -3.32. The number of aryl methyl sites for hydroxylation is 1. The van der Waals surface area contributed by atoms with Gasteiger partial charge in [0.05, 0.1) is 6.33 Å². The third-order valence-corrected chi connectivity index (χ3v) is 6.63. The Kier molecular flexibility index (Phi) is 6.99. The van der Waals surface area contributed by atoms with Gasteiger partial charge >= 0.3 is 6.03 Å². The van der Waals surface area contributed by atoms with Crippen LogP contribution >= 0.6 is 0 Å². The van der Waals surface area contributed by atoms with Crippen molar-refractivity contribution in [2.75, 3.05) is 32.4 Å². The number of imidazole rings is 1. The van der Waals surface area contributed by atoms with E-state index in [0.29, 0.717) is 43.2 Å². The lowest BCUT2D eigenvalue weighted by molar-refractivity contribution is -0.197. The van der Waals surface area contributed by atoms with Crippen LogP contribution in [-0.2, 0) is 20.8 Å². The Morgan fingerprint density at radius 2 is 1.89 bits per heavy atom. The van der Waals surface area contributed by atoms with Gasteiger partial charge in [0.1, 0.15) is 30.2 Å². The zero-order chi connectivity index (χ0) is 26.2. The van der Waals surface area contributed by atoms with Crippen molar-refractivity contribution in [2.45, 2.75) is 57.6 Å². The number of hydrogen-bond donors (Lipinski definition) is 3. The van der Waals surface area contributed by atoms with Crippen LogP contribution < -0.4 is 16.4 Å². The topological polar surface area (TPSA) is 142 Å². The molecule has 4 heterocycles. The number of nitrogens with two attached hydrogens (primary N) is 1. The van der Waals surface area contributed by atoms with Crippen LogP contribution in [0.3, 0.4) is 0 Å². The monoisotopic (exact) mass is 510 g/mol. The second-order valence-electron chi connectivity index (χ2n) is 10.1. The summed E-state index contributed by atoms with van der Waals surface area (Å²) in [5.74, 6) is -0.427. The summed E-state index contributed by atoms with van der Waals surface area (Å²) < 4.78 is 20.7. The minimum Gasteiger partial charge on any atom is -0.382 e. The number of fused-ring (bicyclic) bond motifs is 2. The average molecular weight is 511 g/mol. The lowest BCUT2D eigenvalue weighted by Crippen LogP contribution is -2.43. The van der Waals surface area contributed by atoms with Gasteiger partial charge < -0.3 is 35.5 Å². The van der Waals surface area contributed by atoms with Gasteiger partial charge in [-0.2, -0.15) is 0 Å². The quantitative estimate of drug-likeness (QED) is 0.412. The normalized spacial score (nSPS) is 24.5. The van der Waals surface area contributed by atoms with E-state index in [4.69, 9.17) is 19.9 Å². The molecule has 2 saturated heterocycles. The number of benzene rings is 1. The third-order valence-electron chi connectivity index (χ3n) is 6.63. The molecule has 0 saturated carbocycles. The molecule has 5 rings (SSSR count). The minimum atomic E-state index is -0.740. The molecule has 3 aromatic rings. The van der Waals surface area contributed by atoms with Crippen LogP contribution in [0.4, 0.5) is 10.6 Å². The number of aromatic nitrogens is 4. The number of anilines is 1. The molecular weight excluding hydrogens is 476 g/mol. The molecule has 4 N–H and O–H groups in total. The molecule has 0 aliphatic carbocycles. The maximum absolute atomic E-state index is 12.2. The molecule has 2 aromatic heterocycles. The largest absolute Gasteiger partial charge is 0.382 e. The Labute approximate surface area is 215 Å². The van der Waals surface area contributed by atoms with Gasteiger partial charge in [0.2, 0.25) is 0 Å². The van der Waals surface area contributed by atoms with E-state index in [1.165, 1.54) is 11.9 Å². The van der Waals surface area contributed by atoms with Crippen molar-refractivity contribution in [1.82, 2.24) is 35.1 Å². The molecule has 198 valence electrons. The standard InChI is InChI=1S/C25H34N8O4/c1-15-5-7-16(8-6-15)11-28-24(34)27-9-10-32(4)12-17-19-20(37-25(2,3)36-19)23(35-17)33-14-31-18-21(26)29-13-30-22(18)33/h5-8,13-14,17,19-20,23H,9-12H2,1-4H3,(H2,26,29,30)(H2,27,28,34)/t17-,19-,20-,23?/m1/s1. The number of nitrogen functional groups attached to an aromatic ring is 1. The molecule has 2 fully saturated rings. The van der Waals surface area contributed by atoms with Gasteiger partial charge in [-0.1, -0.05) is 29.8 Å². The lowest BCUT2D eigenvalue weighted by Gasteiger charge is -2.27. The van der Waals surface area contributed by atoms with Crippen LogP contribution in [0.1, 0.15) is 31.2 Å². The highest BCUT2D eigenvalue weighted by atomic mass is 16.8. The predicted octanol–water partition coefficient (Wildman–Crippen LogP) is 1.57. The van der Waals surface area contributed by atoms with Gasteiger partial charge in [-0.05, 0) is 33.4 Å². The Balaban J connectivity index is 1.16. The van der Waals surface area contributed by atoms with Crippen molar-refractivity contribution in [1.29, 1.82) is 0 Å². The highest BCUT2D eigenvalue weighted by molar-refractivity contribution is 5.81. The molecule has 2 amide bonds. The summed E-state index contributed by atoms with van der Waals surface area (Å²) in [5.41, 5.74) is 9.32. The number of urea groups is 1. The average Bonchev–Trinajstić information content (AvgIpc) is 3.51. The minimum absolute atomic E-state index is 0.200. The summed E-state index contributed by atoms with van der Waals surface area (Å²) in [6.45, 7) is 8.04. The molecule has 37 heavy (non-hydrogen) atoms. The van der Waals surface area contributed by atoms with Gasteiger partial charge in [-0.15, -0.1) is 0 Å². The van der Waals surface area contributed by atoms with Gasteiger partial charge in [0.25, 0.3) is 0 Å². The second kappa shape index (κ2) is 10.2. The van der Waals surface area contributed by atoms with E-state index in [2.05, 4.69) is 30.5 Å². The summed E-state index contributed by atoms with van der Waals surface area (Å²) in [5, 5.41) is 5.80. The molecule has 2 aliphatic heterocycles. The van der Waals surface area contributed by atoms with Crippen LogP contribution in [0.5, 0.6) is 0 Å². The third kappa shape index (κ3) is 5.52. The van der Waals surface area contributed by atoms with E-state index in [0.717, 1.165) is 5.56 Å². The summed E-state index contributed by atoms with van der Waals surface area (Å²) in [7, 11) is 1.99. The first-order valence-electron chi connectivity index (χ1n) is 12.4. The maximum Gasteiger partial charge on any atom is 0.315 e. The Morgan fingerprint density at radius 3 is 2.68 bits per heavy atom. The molecule has 12 nitrogen and oxygen atoms in total. The number of hydrogen-bond acceptors (Lipinski definition) is 9. The smallest absolute Gasteiger partial charge is 0.315 e. The molecule has 12 heteroatoms. The fourth-order valence-electron chi connectivity index (χ4n) is 4.80. The first-order chi connectivity index (χ1) is 17.7. The van der Waals surface area contributed by atoms with E-state index in [1.54, 1.807) is 6.33 Å². The van der Waals surface area contributed by atoms with Crippen LogP contribution in [0.15, 0.2) is 36.9 Å². The predicted molar refractivity (Wildman–Crippen MR) is 136 cm³/mol. The fourth-order valence-corrected chi connectivity index (χ4v) is 4.80. The first kappa shape index (κ1) is 25.3.